The van der Waals surface area contributed by atoms with E-state index in [0.717, 1.165) is 44.1 Å². The van der Waals surface area contributed by atoms with Crippen molar-refractivity contribution in [2.75, 3.05) is 13.2 Å². The molecule has 2 heterocycles. The molecule has 7 heteroatoms. The molecular formula is C21H35N4O3+. The van der Waals surface area contributed by atoms with Crippen LogP contribution in [0, 0.1) is 11.8 Å². The van der Waals surface area contributed by atoms with Crippen molar-refractivity contribution < 1.29 is 15.3 Å². The molecule has 0 bridgehead atoms. The van der Waals surface area contributed by atoms with Gasteiger partial charge in [-0.1, -0.05) is 13.8 Å². The van der Waals surface area contributed by atoms with Crippen LogP contribution in [0.25, 0.3) is 0 Å². The van der Waals surface area contributed by atoms with Crippen LogP contribution in [0.3, 0.4) is 0 Å². The van der Waals surface area contributed by atoms with E-state index in [1.54, 1.807) is 6.20 Å². The number of aromatic nitrogens is 2. The predicted octanol–water partition coefficient (Wildman–Crippen LogP) is 1.08. The molecular weight excluding hydrogens is 356 g/mol. The zero-order valence-electron chi connectivity index (χ0n) is 17.3. The third-order valence-corrected chi connectivity index (χ3v) is 6.44. The molecule has 0 radical (unpaired) electrons. The Labute approximate surface area is 167 Å². The molecule has 1 aromatic rings. The van der Waals surface area contributed by atoms with Crippen LogP contribution >= 0.6 is 0 Å². The van der Waals surface area contributed by atoms with Crippen molar-refractivity contribution >= 4 is 5.91 Å². The molecule has 7 nitrogen and oxygen atoms in total. The number of carbonyl (C=O) groups is 1. The zero-order valence-corrected chi connectivity index (χ0v) is 17.3. The molecule has 2 atom stereocenters. The molecule has 2 unspecified atom stereocenters. The molecule has 0 spiro atoms. The van der Waals surface area contributed by atoms with E-state index in [4.69, 9.17) is 4.74 Å². The summed E-state index contributed by atoms with van der Waals surface area (Å²) in [6.45, 7) is 6.06. The maximum Gasteiger partial charge on any atom is 0.244 e. The van der Waals surface area contributed by atoms with Crippen molar-refractivity contribution in [1.29, 1.82) is 0 Å². The Morgan fingerprint density at radius 3 is 2.68 bits per heavy atom. The SMILES string of the molecule is CC(C)C1CCC(OCC2C([NH3+])CCCN2C(=O)Cn2ccc(=O)cn2)CC1. The number of nitrogens with zero attached hydrogens (tertiary/aromatic N) is 3. The molecule has 0 aromatic carbocycles. The van der Waals surface area contributed by atoms with Gasteiger partial charge in [-0.25, -0.2) is 0 Å². The lowest BCUT2D eigenvalue weighted by Gasteiger charge is -2.39. The third-order valence-electron chi connectivity index (χ3n) is 6.44. The molecule has 1 aliphatic carbocycles. The fourth-order valence-electron chi connectivity index (χ4n) is 4.52. The van der Waals surface area contributed by atoms with E-state index >= 15 is 0 Å². The molecule has 1 aliphatic heterocycles. The van der Waals surface area contributed by atoms with Crippen molar-refractivity contribution in [3.8, 4) is 0 Å². The number of piperidine rings is 1. The fraction of sp³-hybridized carbons (Fsp3) is 0.762. The second kappa shape index (κ2) is 9.65. The molecule has 2 aliphatic rings. The number of carbonyl (C=O) groups excluding carboxylic acids is 1. The Bertz CT molecular complexity index is 677. The number of likely N-dealkylation sites (tertiary alicyclic amines) is 1. The van der Waals surface area contributed by atoms with Gasteiger partial charge >= 0.3 is 0 Å². The first kappa shape index (κ1) is 21.0. The van der Waals surface area contributed by atoms with Gasteiger partial charge < -0.3 is 15.4 Å². The van der Waals surface area contributed by atoms with Crippen LogP contribution in [-0.4, -0.2) is 51.9 Å². The number of hydrogen-bond donors (Lipinski definition) is 1. The van der Waals surface area contributed by atoms with E-state index in [2.05, 4.69) is 24.7 Å². The number of amides is 1. The van der Waals surface area contributed by atoms with Gasteiger partial charge in [-0.3, -0.25) is 14.3 Å². The molecule has 1 saturated carbocycles. The largest absolute Gasteiger partial charge is 0.376 e. The normalized spacial score (nSPS) is 28.5. The standard InChI is InChI=1S/C21H34N4O3/c1-15(2)16-5-7-18(8-6-16)28-14-20-19(22)4-3-10-25(20)21(27)13-24-11-9-17(26)12-23-24/h9,11-12,15-16,18-20H,3-8,10,13-14,22H2,1-2H3/p+1. The monoisotopic (exact) mass is 391 g/mol. The minimum absolute atomic E-state index is 0.0154. The smallest absolute Gasteiger partial charge is 0.244 e. The first-order chi connectivity index (χ1) is 13.4. The molecule has 156 valence electrons. The highest BCUT2D eigenvalue weighted by molar-refractivity contribution is 5.76. The van der Waals surface area contributed by atoms with E-state index in [1.807, 2.05) is 4.90 Å². The van der Waals surface area contributed by atoms with Crippen molar-refractivity contribution in [2.24, 2.45) is 11.8 Å². The van der Waals surface area contributed by atoms with Crippen molar-refractivity contribution in [1.82, 2.24) is 14.7 Å². The Morgan fingerprint density at radius 2 is 2.04 bits per heavy atom. The molecule has 3 N–H and O–H groups in total. The summed E-state index contributed by atoms with van der Waals surface area (Å²) in [4.78, 5) is 26.0. The quantitative estimate of drug-likeness (QED) is 0.785. The summed E-state index contributed by atoms with van der Waals surface area (Å²) in [5, 5.41) is 4.01. The number of hydrogen-bond acceptors (Lipinski definition) is 4. The second-order valence-electron chi connectivity index (χ2n) is 8.73. The van der Waals surface area contributed by atoms with Crippen molar-refractivity contribution in [3.63, 3.8) is 0 Å². The number of quaternary nitrogens is 1. The maximum absolute atomic E-state index is 12.9. The second-order valence-corrected chi connectivity index (χ2v) is 8.73. The van der Waals surface area contributed by atoms with Gasteiger partial charge in [0.1, 0.15) is 18.6 Å². The van der Waals surface area contributed by atoms with Gasteiger partial charge in [-0.05, 0) is 43.9 Å². The summed E-state index contributed by atoms with van der Waals surface area (Å²) < 4.78 is 7.79. The predicted molar refractivity (Wildman–Crippen MR) is 106 cm³/mol. The summed E-state index contributed by atoms with van der Waals surface area (Å²) in [7, 11) is 0. The van der Waals surface area contributed by atoms with Crippen molar-refractivity contribution in [3.05, 3.63) is 28.7 Å². The topological polar surface area (TPSA) is 92.1 Å². The van der Waals surface area contributed by atoms with E-state index in [0.29, 0.717) is 12.7 Å². The average Bonchev–Trinajstić information content (AvgIpc) is 2.69. The summed E-state index contributed by atoms with van der Waals surface area (Å²) in [5.74, 6) is 1.58. The van der Waals surface area contributed by atoms with Crippen LogP contribution in [0.5, 0.6) is 0 Å². The summed E-state index contributed by atoms with van der Waals surface area (Å²) in [6.07, 6.45) is 9.80. The highest BCUT2D eigenvalue weighted by atomic mass is 16.5. The van der Waals surface area contributed by atoms with Crippen LogP contribution < -0.4 is 11.2 Å². The van der Waals surface area contributed by atoms with E-state index in [9.17, 15) is 9.59 Å². The van der Waals surface area contributed by atoms with Gasteiger partial charge in [-0.15, -0.1) is 0 Å². The minimum atomic E-state index is -0.155. The minimum Gasteiger partial charge on any atom is -0.376 e. The van der Waals surface area contributed by atoms with Gasteiger partial charge in [0.05, 0.1) is 18.9 Å². The highest BCUT2D eigenvalue weighted by Crippen LogP contribution is 2.31. The van der Waals surface area contributed by atoms with E-state index < -0.39 is 0 Å². The Kier molecular flexibility index (Phi) is 7.24. The first-order valence-corrected chi connectivity index (χ1v) is 10.7. The highest BCUT2D eigenvalue weighted by Gasteiger charge is 2.36. The van der Waals surface area contributed by atoms with Gasteiger partial charge in [0, 0.05) is 25.2 Å². The van der Waals surface area contributed by atoms with Crippen LogP contribution in [0.4, 0.5) is 0 Å². The average molecular weight is 392 g/mol. The van der Waals surface area contributed by atoms with E-state index in [-0.39, 0.29) is 30.0 Å². The molecule has 28 heavy (non-hydrogen) atoms. The van der Waals surface area contributed by atoms with Crippen LogP contribution in [0.2, 0.25) is 0 Å². The Morgan fingerprint density at radius 1 is 1.29 bits per heavy atom. The summed E-state index contributed by atoms with van der Waals surface area (Å²) in [5.41, 5.74) is 4.14. The molecule has 1 amide bonds. The Balaban J connectivity index is 1.55. The fourth-order valence-corrected chi connectivity index (χ4v) is 4.52. The van der Waals surface area contributed by atoms with E-state index in [1.165, 1.54) is 29.8 Å². The zero-order chi connectivity index (χ0) is 20.1. The lowest BCUT2D eigenvalue weighted by Crippen LogP contribution is -2.73. The number of ether oxygens (including phenoxy) is 1. The Hall–Kier alpha value is -1.73. The molecule has 3 rings (SSSR count). The van der Waals surface area contributed by atoms with Crippen LogP contribution in [0.1, 0.15) is 52.4 Å². The molecule has 1 aromatic heterocycles. The lowest BCUT2D eigenvalue weighted by molar-refractivity contribution is -0.438. The molecule has 1 saturated heterocycles. The molecule has 2 fully saturated rings. The summed E-state index contributed by atoms with van der Waals surface area (Å²) in [6, 6.07) is 1.63. The summed E-state index contributed by atoms with van der Waals surface area (Å²) >= 11 is 0. The van der Waals surface area contributed by atoms with Crippen molar-refractivity contribution in [2.45, 2.75) is 77.1 Å². The van der Waals surface area contributed by atoms with Crippen LogP contribution in [0.15, 0.2) is 23.3 Å². The van der Waals surface area contributed by atoms with Crippen LogP contribution in [-0.2, 0) is 16.1 Å². The third kappa shape index (κ3) is 5.41. The number of rotatable bonds is 6. The first-order valence-electron chi connectivity index (χ1n) is 10.7. The maximum atomic E-state index is 12.9. The van der Waals surface area contributed by atoms with Gasteiger partial charge in [-0.2, -0.15) is 5.10 Å². The lowest BCUT2D eigenvalue weighted by atomic mass is 9.80. The van der Waals surface area contributed by atoms with Gasteiger partial charge in [0.2, 0.25) is 5.91 Å². The van der Waals surface area contributed by atoms with Gasteiger partial charge in [0.15, 0.2) is 5.43 Å². The van der Waals surface area contributed by atoms with Gasteiger partial charge in [0.25, 0.3) is 0 Å².